The summed E-state index contributed by atoms with van der Waals surface area (Å²) in [6.07, 6.45) is -0.457. The largest absolute Gasteiger partial charge is 0.416 e. The number of aromatic nitrogens is 1. The Morgan fingerprint density at radius 2 is 1.85 bits per heavy atom. The van der Waals surface area contributed by atoms with Crippen molar-refractivity contribution in [2.24, 2.45) is 5.10 Å². The summed E-state index contributed by atoms with van der Waals surface area (Å²) >= 11 is 6.06. The summed E-state index contributed by atoms with van der Waals surface area (Å²) < 4.78 is 66.8. The number of hydrazone groups is 1. The average molecular weight is 497 g/mol. The summed E-state index contributed by atoms with van der Waals surface area (Å²) in [6, 6.07) is 12.5. The molecule has 0 unspecified atom stereocenters. The van der Waals surface area contributed by atoms with Gasteiger partial charge in [0.1, 0.15) is 6.54 Å². The first-order valence-electron chi connectivity index (χ1n) is 9.25. The van der Waals surface area contributed by atoms with Crippen LogP contribution in [-0.2, 0) is 21.0 Å². The van der Waals surface area contributed by atoms with Crippen molar-refractivity contribution in [2.75, 3.05) is 10.8 Å². The molecule has 1 aromatic heterocycles. The first-order valence-corrected chi connectivity index (χ1v) is 11.1. The van der Waals surface area contributed by atoms with Gasteiger partial charge in [-0.25, -0.2) is 13.8 Å². The molecular formula is C21H16ClF3N4O3S. The van der Waals surface area contributed by atoms with E-state index < -0.39 is 39.9 Å². The van der Waals surface area contributed by atoms with Crippen LogP contribution in [0.1, 0.15) is 11.1 Å². The zero-order valence-corrected chi connectivity index (χ0v) is 18.3. The minimum Gasteiger partial charge on any atom is -0.271 e. The zero-order valence-electron chi connectivity index (χ0n) is 16.7. The van der Waals surface area contributed by atoms with Gasteiger partial charge in [-0.05, 0) is 36.4 Å². The van der Waals surface area contributed by atoms with Gasteiger partial charge in [-0.2, -0.15) is 18.3 Å². The Morgan fingerprint density at radius 3 is 2.48 bits per heavy atom. The number of nitrogens with zero attached hydrogens (tertiary/aromatic N) is 3. The van der Waals surface area contributed by atoms with E-state index >= 15 is 0 Å². The van der Waals surface area contributed by atoms with Crippen molar-refractivity contribution in [1.82, 2.24) is 10.4 Å². The topological polar surface area (TPSA) is 91.7 Å². The van der Waals surface area contributed by atoms with Crippen LogP contribution in [0.3, 0.4) is 0 Å². The third-order valence-electron chi connectivity index (χ3n) is 4.25. The molecule has 7 nitrogen and oxygen atoms in total. The number of rotatable bonds is 7. The van der Waals surface area contributed by atoms with Crippen LogP contribution >= 0.6 is 11.6 Å². The molecule has 12 heteroatoms. The van der Waals surface area contributed by atoms with Gasteiger partial charge in [-0.3, -0.25) is 14.1 Å². The van der Waals surface area contributed by atoms with E-state index in [1.807, 2.05) is 0 Å². The van der Waals surface area contributed by atoms with Crippen molar-refractivity contribution in [2.45, 2.75) is 11.1 Å². The SMILES string of the molecule is O=C(CN(c1cc(C(F)(F)F)ccc1Cl)S(=O)(=O)c1ccccc1)NN=Cc1cccnc1. The van der Waals surface area contributed by atoms with Gasteiger partial charge in [-0.1, -0.05) is 35.9 Å². The summed E-state index contributed by atoms with van der Waals surface area (Å²) in [5.41, 5.74) is 1.09. The quantitative estimate of drug-likeness (QED) is 0.394. The maximum Gasteiger partial charge on any atom is 0.416 e. The van der Waals surface area contributed by atoms with Crippen molar-refractivity contribution < 1.29 is 26.4 Å². The zero-order chi connectivity index (χ0) is 24.1. The number of sulfonamides is 1. The van der Waals surface area contributed by atoms with E-state index in [9.17, 15) is 26.4 Å². The van der Waals surface area contributed by atoms with Gasteiger partial charge in [0.15, 0.2) is 0 Å². The summed E-state index contributed by atoms with van der Waals surface area (Å²) in [4.78, 5) is 16.1. The normalized spacial score (nSPS) is 12.0. The van der Waals surface area contributed by atoms with Crippen LogP contribution in [-0.4, -0.2) is 32.1 Å². The van der Waals surface area contributed by atoms with Crippen LogP contribution in [0, 0.1) is 0 Å². The molecule has 1 amide bonds. The third-order valence-corrected chi connectivity index (χ3v) is 6.34. The molecule has 0 aliphatic heterocycles. The van der Waals surface area contributed by atoms with Crippen molar-refractivity contribution in [3.63, 3.8) is 0 Å². The van der Waals surface area contributed by atoms with Gasteiger partial charge < -0.3 is 0 Å². The molecule has 1 heterocycles. The fraction of sp³-hybridized carbons (Fsp3) is 0.0952. The fourth-order valence-electron chi connectivity index (χ4n) is 2.70. The van der Waals surface area contributed by atoms with E-state index in [0.717, 1.165) is 12.1 Å². The number of carbonyl (C=O) groups is 1. The highest BCUT2D eigenvalue weighted by Crippen LogP contribution is 2.37. The molecule has 0 saturated heterocycles. The Morgan fingerprint density at radius 1 is 1.12 bits per heavy atom. The maximum absolute atomic E-state index is 13.3. The van der Waals surface area contributed by atoms with Gasteiger partial charge in [0, 0.05) is 18.0 Å². The molecule has 0 spiro atoms. The predicted molar refractivity (Wildman–Crippen MR) is 117 cm³/mol. The summed E-state index contributed by atoms with van der Waals surface area (Å²) in [6.45, 7) is -0.872. The monoisotopic (exact) mass is 496 g/mol. The van der Waals surface area contributed by atoms with Crippen molar-refractivity contribution >= 4 is 39.4 Å². The second-order valence-corrected chi connectivity index (χ2v) is 8.84. The number of nitrogens with one attached hydrogen (secondary N) is 1. The molecule has 3 aromatic rings. The second-order valence-electron chi connectivity index (χ2n) is 6.57. The number of carbonyl (C=O) groups excluding carboxylic acids is 1. The van der Waals surface area contributed by atoms with Gasteiger partial charge in [0.2, 0.25) is 0 Å². The molecule has 0 saturated carbocycles. The first kappa shape index (κ1) is 24.2. The summed E-state index contributed by atoms with van der Waals surface area (Å²) in [5, 5.41) is 3.44. The average Bonchev–Trinajstić information content (AvgIpc) is 2.78. The van der Waals surface area contributed by atoms with Gasteiger partial charge in [0.25, 0.3) is 15.9 Å². The molecule has 0 fully saturated rings. The molecule has 0 atom stereocenters. The number of benzene rings is 2. The number of halogens is 4. The van der Waals surface area contributed by atoms with Crippen molar-refractivity contribution in [3.8, 4) is 0 Å². The molecule has 172 valence electrons. The molecule has 0 bridgehead atoms. The Bertz CT molecular complexity index is 1250. The number of alkyl halides is 3. The van der Waals surface area contributed by atoms with Crippen LogP contribution in [0.2, 0.25) is 5.02 Å². The molecule has 1 N–H and O–H groups in total. The first-order chi connectivity index (χ1) is 15.6. The number of hydrogen-bond acceptors (Lipinski definition) is 5. The molecule has 0 radical (unpaired) electrons. The second kappa shape index (κ2) is 10.0. The van der Waals surface area contributed by atoms with Crippen LogP contribution in [0.15, 0.2) is 83.1 Å². The van der Waals surface area contributed by atoms with Crippen molar-refractivity contribution in [1.29, 1.82) is 0 Å². The highest BCUT2D eigenvalue weighted by Gasteiger charge is 2.34. The lowest BCUT2D eigenvalue weighted by Gasteiger charge is -2.25. The molecule has 2 aromatic carbocycles. The Kier molecular flexibility index (Phi) is 7.34. The summed E-state index contributed by atoms with van der Waals surface area (Å²) in [5.74, 6) is -0.900. The van der Waals surface area contributed by atoms with E-state index in [0.29, 0.717) is 15.9 Å². The Labute approximate surface area is 192 Å². The lowest BCUT2D eigenvalue weighted by Crippen LogP contribution is -2.40. The standard InChI is InChI=1S/C21H16ClF3N4O3S/c22-18-9-8-16(21(23,24)25)11-19(18)29(33(31,32)17-6-2-1-3-7-17)14-20(30)28-27-13-15-5-4-10-26-12-15/h1-13H,14H2,(H,28,30). The Hall–Kier alpha value is -3.44. The van der Waals surface area contributed by atoms with Gasteiger partial charge >= 0.3 is 6.18 Å². The Balaban J connectivity index is 1.97. The molecule has 0 aliphatic carbocycles. The highest BCUT2D eigenvalue weighted by atomic mass is 35.5. The van der Waals surface area contributed by atoms with Gasteiger partial charge in [0.05, 0.1) is 27.4 Å². The maximum atomic E-state index is 13.3. The van der Waals surface area contributed by atoms with Crippen molar-refractivity contribution in [3.05, 3.63) is 89.2 Å². The minimum atomic E-state index is -4.75. The predicted octanol–water partition coefficient (Wildman–Crippen LogP) is 4.10. The van der Waals surface area contributed by atoms with Crippen LogP contribution in [0.25, 0.3) is 0 Å². The molecule has 33 heavy (non-hydrogen) atoms. The van der Waals surface area contributed by atoms with E-state index in [1.54, 1.807) is 24.4 Å². The summed E-state index contributed by atoms with van der Waals surface area (Å²) in [7, 11) is -4.45. The third kappa shape index (κ3) is 6.08. The van der Waals surface area contributed by atoms with Crippen LogP contribution in [0.5, 0.6) is 0 Å². The van der Waals surface area contributed by atoms with E-state index in [2.05, 4.69) is 15.5 Å². The van der Waals surface area contributed by atoms with Crippen LogP contribution < -0.4 is 9.73 Å². The number of anilines is 1. The number of pyridine rings is 1. The number of hydrogen-bond donors (Lipinski definition) is 1. The van der Waals surface area contributed by atoms with E-state index in [4.69, 9.17) is 11.6 Å². The number of amides is 1. The van der Waals surface area contributed by atoms with E-state index in [1.165, 1.54) is 36.7 Å². The van der Waals surface area contributed by atoms with E-state index in [-0.39, 0.29) is 9.92 Å². The molecule has 3 rings (SSSR count). The minimum absolute atomic E-state index is 0.231. The lowest BCUT2D eigenvalue weighted by molar-refractivity contribution is -0.137. The molecular weight excluding hydrogens is 481 g/mol. The van der Waals surface area contributed by atoms with Crippen LogP contribution in [0.4, 0.5) is 18.9 Å². The highest BCUT2D eigenvalue weighted by molar-refractivity contribution is 7.92. The lowest BCUT2D eigenvalue weighted by atomic mass is 10.2. The fourth-order valence-corrected chi connectivity index (χ4v) is 4.42. The van der Waals surface area contributed by atoms with Gasteiger partial charge in [-0.15, -0.1) is 0 Å². The molecule has 0 aliphatic rings. The smallest absolute Gasteiger partial charge is 0.271 e.